The molecule has 0 aliphatic rings. The van der Waals surface area contributed by atoms with Gasteiger partial charge in [0.05, 0.1) is 0 Å². The van der Waals surface area contributed by atoms with Crippen molar-refractivity contribution in [3.05, 3.63) is 24.8 Å². The van der Waals surface area contributed by atoms with Crippen LogP contribution in [0.25, 0.3) is 0 Å². The molecule has 2 nitrogen and oxygen atoms in total. The van der Waals surface area contributed by atoms with Gasteiger partial charge in [-0.05, 0) is 32.1 Å². The van der Waals surface area contributed by atoms with Crippen molar-refractivity contribution < 1.29 is 9.90 Å². The summed E-state index contributed by atoms with van der Waals surface area (Å²) in [6.45, 7) is 3.76. The average molecular weight is 337 g/mol. The van der Waals surface area contributed by atoms with E-state index in [0.29, 0.717) is 6.42 Å². The first-order chi connectivity index (χ1) is 11.8. The Hall–Kier alpha value is -1.05. The molecule has 0 atom stereocenters. The molecule has 0 aromatic carbocycles. The maximum absolute atomic E-state index is 10.3. The first kappa shape index (κ1) is 22.9. The van der Waals surface area contributed by atoms with E-state index in [1.165, 1.54) is 89.9 Å². The number of carboxylic acids is 1. The third-order valence-electron chi connectivity index (χ3n) is 4.47. The number of carbonyl (C=O) groups is 1. The van der Waals surface area contributed by atoms with Crippen LogP contribution in [0.4, 0.5) is 0 Å². The van der Waals surface area contributed by atoms with E-state index in [9.17, 15) is 4.79 Å². The van der Waals surface area contributed by atoms with Crippen molar-refractivity contribution in [2.24, 2.45) is 0 Å². The lowest BCUT2D eigenvalue weighted by Gasteiger charge is -2.02. The van der Waals surface area contributed by atoms with Crippen LogP contribution in [0.3, 0.4) is 0 Å². The lowest BCUT2D eigenvalue weighted by atomic mass is 10.0. The van der Waals surface area contributed by atoms with Gasteiger partial charge in [0, 0.05) is 6.42 Å². The molecular formula is C22H40O2. The molecule has 0 saturated heterocycles. The van der Waals surface area contributed by atoms with E-state index in [-0.39, 0.29) is 6.42 Å². The van der Waals surface area contributed by atoms with Gasteiger partial charge in [0.1, 0.15) is 0 Å². The van der Waals surface area contributed by atoms with Crippen LogP contribution >= 0.6 is 0 Å². The van der Waals surface area contributed by atoms with E-state index in [1.54, 1.807) is 0 Å². The molecule has 0 radical (unpaired) electrons. The predicted octanol–water partition coefficient (Wildman–Crippen LogP) is 7.44. The first-order valence-electron chi connectivity index (χ1n) is 10.2. The van der Waals surface area contributed by atoms with Gasteiger partial charge in [-0.2, -0.15) is 0 Å². The number of aliphatic carboxylic acids is 1. The molecule has 0 aliphatic carbocycles. The molecule has 0 saturated carbocycles. The van der Waals surface area contributed by atoms with Crippen LogP contribution < -0.4 is 0 Å². The van der Waals surface area contributed by atoms with Crippen LogP contribution in [0.2, 0.25) is 0 Å². The Bertz CT molecular complexity index is 307. The van der Waals surface area contributed by atoms with E-state index < -0.39 is 5.97 Å². The van der Waals surface area contributed by atoms with Crippen LogP contribution in [0.15, 0.2) is 24.8 Å². The van der Waals surface area contributed by atoms with Gasteiger partial charge in [0.25, 0.3) is 0 Å². The standard InChI is InChI=1S/C22H40O2/c1-2-3-4-5-6-7-8-9-10-11-12-13-14-15-16-17-18-19-20-21-22(23)24/h2,18-19H,1,3-17,20-21H2,(H,23,24)/b19-18+. The summed E-state index contributed by atoms with van der Waals surface area (Å²) in [5, 5.41) is 8.52. The van der Waals surface area contributed by atoms with Crippen molar-refractivity contribution in [3.63, 3.8) is 0 Å². The largest absolute Gasteiger partial charge is 0.481 e. The van der Waals surface area contributed by atoms with Gasteiger partial charge >= 0.3 is 5.97 Å². The first-order valence-corrected chi connectivity index (χ1v) is 10.2. The van der Waals surface area contributed by atoms with E-state index in [2.05, 4.69) is 12.7 Å². The zero-order valence-corrected chi connectivity index (χ0v) is 15.8. The Morgan fingerprint density at radius 1 is 0.625 bits per heavy atom. The summed E-state index contributed by atoms with van der Waals surface area (Å²) in [4.78, 5) is 10.3. The summed E-state index contributed by atoms with van der Waals surface area (Å²) in [7, 11) is 0. The van der Waals surface area contributed by atoms with Crippen molar-refractivity contribution in [2.75, 3.05) is 0 Å². The highest BCUT2D eigenvalue weighted by atomic mass is 16.4. The molecule has 0 unspecified atom stereocenters. The van der Waals surface area contributed by atoms with Gasteiger partial charge in [-0.25, -0.2) is 0 Å². The van der Waals surface area contributed by atoms with Crippen molar-refractivity contribution in [3.8, 4) is 0 Å². The number of rotatable bonds is 19. The third kappa shape index (κ3) is 20.9. The topological polar surface area (TPSA) is 37.3 Å². The Labute approximate surface area is 150 Å². The summed E-state index contributed by atoms with van der Waals surface area (Å²) in [5.41, 5.74) is 0. The van der Waals surface area contributed by atoms with E-state index >= 15 is 0 Å². The van der Waals surface area contributed by atoms with Crippen LogP contribution in [-0.2, 0) is 4.79 Å². The molecule has 0 aromatic heterocycles. The van der Waals surface area contributed by atoms with Crippen molar-refractivity contribution in [1.29, 1.82) is 0 Å². The highest BCUT2D eigenvalue weighted by Gasteiger charge is 1.94. The molecule has 0 amide bonds. The fourth-order valence-electron chi connectivity index (χ4n) is 2.94. The molecule has 0 heterocycles. The summed E-state index contributed by atoms with van der Waals surface area (Å²) >= 11 is 0. The van der Waals surface area contributed by atoms with Gasteiger partial charge in [0.15, 0.2) is 0 Å². The highest BCUT2D eigenvalue weighted by molar-refractivity contribution is 5.66. The SMILES string of the molecule is C=CCCCCCCCCCCCCCCC/C=C/CCC(=O)O. The molecule has 0 aliphatic heterocycles. The molecule has 1 N–H and O–H groups in total. The van der Waals surface area contributed by atoms with Crippen LogP contribution in [0.5, 0.6) is 0 Å². The van der Waals surface area contributed by atoms with E-state index in [4.69, 9.17) is 5.11 Å². The Kier molecular flexibility index (Phi) is 19.1. The maximum Gasteiger partial charge on any atom is 0.303 e. The Morgan fingerprint density at radius 3 is 1.42 bits per heavy atom. The number of carboxylic acid groups (broad SMARTS) is 1. The zero-order valence-electron chi connectivity index (χ0n) is 15.8. The minimum absolute atomic E-state index is 0.256. The molecule has 0 rings (SSSR count). The minimum atomic E-state index is -0.705. The Morgan fingerprint density at radius 2 is 1.00 bits per heavy atom. The molecule has 24 heavy (non-hydrogen) atoms. The van der Waals surface area contributed by atoms with E-state index in [0.717, 1.165) is 6.42 Å². The smallest absolute Gasteiger partial charge is 0.303 e. The number of allylic oxidation sites excluding steroid dienone is 3. The van der Waals surface area contributed by atoms with Crippen molar-refractivity contribution in [1.82, 2.24) is 0 Å². The second-order valence-electron chi connectivity index (χ2n) is 6.87. The maximum atomic E-state index is 10.3. The number of unbranched alkanes of at least 4 members (excludes halogenated alkanes) is 14. The lowest BCUT2D eigenvalue weighted by Crippen LogP contribution is -1.91. The van der Waals surface area contributed by atoms with Crippen molar-refractivity contribution >= 4 is 5.97 Å². The van der Waals surface area contributed by atoms with Crippen LogP contribution in [-0.4, -0.2) is 11.1 Å². The highest BCUT2D eigenvalue weighted by Crippen LogP contribution is 2.13. The second kappa shape index (κ2) is 20.0. The van der Waals surface area contributed by atoms with Crippen molar-refractivity contribution in [2.45, 2.75) is 109 Å². The fourth-order valence-corrected chi connectivity index (χ4v) is 2.94. The summed E-state index contributed by atoms with van der Waals surface area (Å²) in [6.07, 6.45) is 27.2. The lowest BCUT2D eigenvalue weighted by molar-refractivity contribution is -0.136. The van der Waals surface area contributed by atoms with Gasteiger partial charge < -0.3 is 5.11 Å². The quantitative estimate of drug-likeness (QED) is 0.196. The third-order valence-corrected chi connectivity index (χ3v) is 4.47. The predicted molar refractivity (Wildman–Crippen MR) is 105 cm³/mol. The number of hydrogen-bond donors (Lipinski definition) is 1. The summed E-state index contributed by atoms with van der Waals surface area (Å²) in [6, 6.07) is 0. The van der Waals surface area contributed by atoms with Gasteiger partial charge in [-0.1, -0.05) is 88.9 Å². The number of hydrogen-bond acceptors (Lipinski definition) is 1. The Balaban J connectivity index is 3.05. The normalized spacial score (nSPS) is 11.2. The molecule has 0 fully saturated rings. The van der Waals surface area contributed by atoms with Crippen LogP contribution in [0, 0.1) is 0 Å². The summed E-state index contributed by atoms with van der Waals surface area (Å²) < 4.78 is 0. The van der Waals surface area contributed by atoms with Gasteiger partial charge in [0.2, 0.25) is 0 Å². The minimum Gasteiger partial charge on any atom is -0.481 e. The molecule has 0 bridgehead atoms. The van der Waals surface area contributed by atoms with E-state index in [1.807, 2.05) is 12.2 Å². The monoisotopic (exact) mass is 336 g/mol. The molecule has 140 valence electrons. The zero-order chi connectivity index (χ0) is 17.7. The average Bonchev–Trinajstić information content (AvgIpc) is 2.56. The van der Waals surface area contributed by atoms with Crippen LogP contribution in [0.1, 0.15) is 109 Å². The summed E-state index contributed by atoms with van der Waals surface area (Å²) in [5.74, 6) is -0.705. The molecular weight excluding hydrogens is 296 g/mol. The molecule has 0 aromatic rings. The molecule has 0 spiro atoms. The van der Waals surface area contributed by atoms with Gasteiger partial charge in [-0.15, -0.1) is 6.58 Å². The van der Waals surface area contributed by atoms with Gasteiger partial charge in [-0.3, -0.25) is 4.79 Å². The fraction of sp³-hybridized carbons (Fsp3) is 0.773. The molecule has 2 heteroatoms. The second-order valence-corrected chi connectivity index (χ2v) is 6.87.